The first-order chi connectivity index (χ1) is 12.6. The highest BCUT2D eigenvalue weighted by Crippen LogP contribution is 2.23. The molecule has 0 aliphatic carbocycles. The number of hydrogen-bond donors (Lipinski definition) is 0. The van der Waals surface area contributed by atoms with E-state index >= 15 is 0 Å². The predicted molar refractivity (Wildman–Crippen MR) is 98.5 cm³/mol. The number of fused-ring (bicyclic) bond motifs is 1. The summed E-state index contributed by atoms with van der Waals surface area (Å²) in [6.07, 6.45) is 4.53. The average Bonchev–Trinajstić information content (AvgIpc) is 2.66. The fourth-order valence-corrected chi connectivity index (χ4v) is 2.86. The minimum atomic E-state index is -0.916. The molecule has 0 spiro atoms. The Balaban J connectivity index is 1.71. The van der Waals surface area contributed by atoms with Crippen LogP contribution in [0.25, 0.3) is 10.8 Å². The van der Waals surface area contributed by atoms with Gasteiger partial charge in [-0.05, 0) is 54.1 Å². The van der Waals surface area contributed by atoms with Crippen LogP contribution >= 0.6 is 0 Å². The number of carbonyl (C=O) groups is 1. The summed E-state index contributed by atoms with van der Waals surface area (Å²) in [7, 11) is 0. The molecular weight excluding hydrogens is 334 g/mol. The second kappa shape index (κ2) is 8.09. The van der Waals surface area contributed by atoms with Gasteiger partial charge in [0.15, 0.2) is 11.6 Å². The van der Waals surface area contributed by atoms with Crippen molar-refractivity contribution < 1.29 is 18.3 Å². The summed E-state index contributed by atoms with van der Waals surface area (Å²) in [5.74, 6) is -1.90. The normalized spacial score (nSPS) is 10.9. The van der Waals surface area contributed by atoms with E-state index in [1.54, 1.807) is 12.1 Å². The zero-order valence-corrected chi connectivity index (χ0v) is 14.6. The first kappa shape index (κ1) is 18.1. The van der Waals surface area contributed by atoms with E-state index in [4.69, 9.17) is 4.74 Å². The Morgan fingerprint density at radius 3 is 2.46 bits per heavy atom. The topological polar surface area (TPSA) is 26.3 Å². The lowest BCUT2D eigenvalue weighted by Gasteiger charge is -2.07. The van der Waals surface area contributed by atoms with E-state index in [0.717, 1.165) is 18.9 Å². The van der Waals surface area contributed by atoms with E-state index in [-0.39, 0.29) is 10.9 Å². The molecule has 0 N–H and O–H groups in total. The monoisotopic (exact) mass is 354 g/mol. The maximum Gasteiger partial charge on any atom is 0.343 e. The van der Waals surface area contributed by atoms with Crippen molar-refractivity contribution in [1.29, 1.82) is 0 Å². The van der Waals surface area contributed by atoms with Gasteiger partial charge in [0.1, 0.15) is 5.75 Å². The van der Waals surface area contributed by atoms with Crippen LogP contribution in [0.15, 0.2) is 54.6 Å². The van der Waals surface area contributed by atoms with Crippen LogP contribution < -0.4 is 4.74 Å². The fraction of sp³-hybridized carbons (Fsp3) is 0.227. The minimum Gasteiger partial charge on any atom is -0.423 e. The first-order valence-electron chi connectivity index (χ1n) is 8.77. The van der Waals surface area contributed by atoms with Crippen molar-refractivity contribution in [2.45, 2.75) is 32.6 Å². The molecule has 0 fully saturated rings. The number of rotatable bonds is 6. The molecule has 4 heteroatoms. The molecule has 0 bridgehead atoms. The molecule has 0 aromatic heterocycles. The molecule has 0 saturated carbocycles. The second-order valence-electron chi connectivity index (χ2n) is 6.29. The van der Waals surface area contributed by atoms with Crippen LogP contribution in [0, 0.1) is 11.6 Å². The summed E-state index contributed by atoms with van der Waals surface area (Å²) in [5, 5.41) is 0.586. The van der Waals surface area contributed by atoms with Crippen molar-refractivity contribution in [1.82, 2.24) is 0 Å². The van der Waals surface area contributed by atoms with Gasteiger partial charge in [0.2, 0.25) is 0 Å². The summed E-state index contributed by atoms with van der Waals surface area (Å²) in [6.45, 7) is 2.17. The van der Waals surface area contributed by atoms with Crippen molar-refractivity contribution in [3.63, 3.8) is 0 Å². The molecule has 0 amide bonds. The number of halogens is 2. The zero-order valence-electron chi connectivity index (χ0n) is 14.6. The SMILES string of the molecule is CCCCCc1ccc(OC(=O)c2ccc3c(F)c(F)ccc3c2)cc1. The van der Waals surface area contributed by atoms with Gasteiger partial charge >= 0.3 is 5.97 Å². The number of benzene rings is 3. The van der Waals surface area contributed by atoms with E-state index in [0.29, 0.717) is 11.1 Å². The van der Waals surface area contributed by atoms with Crippen LogP contribution in [0.3, 0.4) is 0 Å². The smallest absolute Gasteiger partial charge is 0.343 e. The number of unbranched alkanes of at least 4 members (excludes halogenated alkanes) is 2. The van der Waals surface area contributed by atoms with Crippen molar-refractivity contribution in [3.8, 4) is 5.75 Å². The molecule has 26 heavy (non-hydrogen) atoms. The summed E-state index contributed by atoms with van der Waals surface area (Å²) >= 11 is 0. The highest BCUT2D eigenvalue weighted by Gasteiger charge is 2.12. The predicted octanol–water partition coefficient (Wildman–Crippen LogP) is 6.07. The molecule has 0 unspecified atom stereocenters. The molecule has 2 nitrogen and oxygen atoms in total. The summed E-state index contributed by atoms with van der Waals surface area (Å²) < 4.78 is 32.4. The third kappa shape index (κ3) is 4.07. The molecule has 0 aliphatic rings. The maximum absolute atomic E-state index is 13.7. The van der Waals surface area contributed by atoms with Crippen molar-refractivity contribution in [2.24, 2.45) is 0 Å². The lowest BCUT2D eigenvalue weighted by Crippen LogP contribution is -2.08. The Morgan fingerprint density at radius 1 is 0.962 bits per heavy atom. The molecular formula is C22H20F2O2. The highest BCUT2D eigenvalue weighted by molar-refractivity contribution is 5.96. The fourth-order valence-electron chi connectivity index (χ4n) is 2.86. The number of ether oxygens (including phenoxy) is 1. The van der Waals surface area contributed by atoms with Gasteiger partial charge in [0.05, 0.1) is 5.56 Å². The van der Waals surface area contributed by atoms with E-state index in [1.807, 2.05) is 12.1 Å². The van der Waals surface area contributed by atoms with E-state index in [1.165, 1.54) is 42.7 Å². The van der Waals surface area contributed by atoms with Gasteiger partial charge in [0.25, 0.3) is 0 Å². The molecule has 0 saturated heterocycles. The number of hydrogen-bond acceptors (Lipinski definition) is 2. The molecule has 0 heterocycles. The summed E-state index contributed by atoms with van der Waals surface area (Å²) in [6, 6.07) is 14.3. The van der Waals surface area contributed by atoms with Gasteiger partial charge in [-0.1, -0.05) is 44.0 Å². The molecule has 0 aliphatic heterocycles. The molecule has 3 aromatic rings. The third-order valence-electron chi connectivity index (χ3n) is 4.35. The number of carbonyl (C=O) groups excluding carboxylic acids is 1. The Kier molecular flexibility index (Phi) is 5.61. The minimum absolute atomic E-state index is 0.137. The standard InChI is InChI=1S/C22H20F2O2/c1-2-3-4-5-15-6-10-18(11-7-15)26-22(25)17-8-12-19-16(14-17)9-13-20(23)21(19)24/h6-14H,2-5H2,1H3. The largest absolute Gasteiger partial charge is 0.423 e. The third-order valence-corrected chi connectivity index (χ3v) is 4.35. The van der Waals surface area contributed by atoms with Crippen LogP contribution in [-0.2, 0) is 6.42 Å². The molecule has 0 atom stereocenters. The first-order valence-corrected chi connectivity index (χ1v) is 8.77. The van der Waals surface area contributed by atoms with Crippen LogP contribution in [0.4, 0.5) is 8.78 Å². The lowest BCUT2D eigenvalue weighted by molar-refractivity contribution is 0.0735. The lowest BCUT2D eigenvalue weighted by atomic mass is 10.1. The van der Waals surface area contributed by atoms with Crippen LogP contribution in [0.2, 0.25) is 0 Å². The van der Waals surface area contributed by atoms with Crippen molar-refractivity contribution in [2.75, 3.05) is 0 Å². The zero-order chi connectivity index (χ0) is 18.5. The van der Waals surface area contributed by atoms with Crippen molar-refractivity contribution >= 4 is 16.7 Å². The van der Waals surface area contributed by atoms with Gasteiger partial charge < -0.3 is 4.74 Å². The van der Waals surface area contributed by atoms with Gasteiger partial charge in [-0.3, -0.25) is 0 Å². The number of aryl methyl sites for hydroxylation is 1. The average molecular weight is 354 g/mol. The van der Waals surface area contributed by atoms with E-state index in [2.05, 4.69) is 6.92 Å². The van der Waals surface area contributed by atoms with E-state index in [9.17, 15) is 13.6 Å². The second-order valence-corrected chi connectivity index (χ2v) is 6.29. The summed E-state index contributed by atoms with van der Waals surface area (Å²) in [5.41, 5.74) is 1.50. The van der Waals surface area contributed by atoms with Gasteiger partial charge in [0, 0.05) is 5.39 Å². The van der Waals surface area contributed by atoms with Gasteiger partial charge in [-0.25, -0.2) is 13.6 Å². The Bertz CT molecular complexity index is 917. The van der Waals surface area contributed by atoms with Crippen LogP contribution in [0.5, 0.6) is 5.75 Å². The quantitative estimate of drug-likeness (QED) is 0.305. The van der Waals surface area contributed by atoms with Crippen LogP contribution in [0.1, 0.15) is 42.1 Å². The van der Waals surface area contributed by atoms with Gasteiger partial charge in [-0.2, -0.15) is 0 Å². The van der Waals surface area contributed by atoms with Gasteiger partial charge in [-0.15, -0.1) is 0 Å². The Labute approximate surface area is 151 Å². The molecule has 3 rings (SSSR count). The molecule has 134 valence electrons. The Hall–Kier alpha value is -2.75. The van der Waals surface area contributed by atoms with E-state index < -0.39 is 17.6 Å². The molecule has 3 aromatic carbocycles. The van der Waals surface area contributed by atoms with Crippen LogP contribution in [-0.4, -0.2) is 5.97 Å². The van der Waals surface area contributed by atoms with Crippen molar-refractivity contribution in [3.05, 3.63) is 77.4 Å². The maximum atomic E-state index is 13.7. The number of esters is 1. The molecule has 0 radical (unpaired) electrons. The Morgan fingerprint density at radius 2 is 1.73 bits per heavy atom. The summed E-state index contributed by atoms with van der Waals surface area (Å²) in [4.78, 5) is 12.3. The highest BCUT2D eigenvalue weighted by atomic mass is 19.2.